The predicted molar refractivity (Wildman–Crippen MR) is 79.3 cm³/mol. The lowest BCUT2D eigenvalue weighted by Gasteiger charge is -2.09. The molecule has 0 aliphatic carbocycles. The van der Waals surface area contributed by atoms with Gasteiger partial charge in [0.25, 0.3) is 17.4 Å². The molecule has 23 heavy (non-hydrogen) atoms. The maximum Gasteiger partial charge on any atom is 0.269 e. The van der Waals surface area contributed by atoms with Crippen LogP contribution in [0, 0.1) is 5.82 Å². The van der Waals surface area contributed by atoms with Crippen LogP contribution in [0.25, 0.3) is 0 Å². The first-order valence-electron chi connectivity index (χ1n) is 6.59. The number of carbonyl (C=O) groups excluding carboxylic acids is 2. The molecule has 2 amide bonds. The van der Waals surface area contributed by atoms with Crippen LogP contribution in [0.4, 0.5) is 4.39 Å². The van der Waals surface area contributed by atoms with E-state index in [-0.39, 0.29) is 23.4 Å². The fraction of sp³-hybridized carbons (Fsp3) is 0.133. The zero-order chi connectivity index (χ0) is 16.8. The average molecular weight is 319 g/mol. The van der Waals surface area contributed by atoms with Crippen LogP contribution < -0.4 is 21.1 Å². The van der Waals surface area contributed by atoms with Gasteiger partial charge in [0.05, 0.1) is 7.11 Å². The summed E-state index contributed by atoms with van der Waals surface area (Å²) in [7, 11) is 1.31. The van der Waals surface area contributed by atoms with Crippen LogP contribution in [0.2, 0.25) is 0 Å². The zero-order valence-corrected chi connectivity index (χ0v) is 12.2. The van der Waals surface area contributed by atoms with E-state index in [0.29, 0.717) is 0 Å². The molecule has 0 saturated carbocycles. The quantitative estimate of drug-likeness (QED) is 0.801. The fourth-order valence-electron chi connectivity index (χ4n) is 1.79. The number of pyridine rings is 1. The molecule has 8 heteroatoms. The molecule has 0 unspecified atom stereocenters. The molecular weight excluding hydrogens is 305 g/mol. The number of methoxy groups -OCH3 is 1. The molecule has 120 valence electrons. The first kappa shape index (κ1) is 16.2. The largest absolute Gasteiger partial charge is 0.494 e. The molecular formula is C15H14FN3O4. The number of ether oxygens (including phenoxy) is 1. The van der Waals surface area contributed by atoms with Gasteiger partial charge in [-0.05, 0) is 24.3 Å². The van der Waals surface area contributed by atoms with Crippen LogP contribution in [0.1, 0.15) is 10.4 Å². The van der Waals surface area contributed by atoms with Crippen molar-refractivity contribution in [2.75, 3.05) is 7.11 Å². The van der Waals surface area contributed by atoms with Crippen molar-refractivity contribution in [1.82, 2.24) is 15.4 Å². The minimum Gasteiger partial charge on any atom is -0.494 e. The van der Waals surface area contributed by atoms with Crippen molar-refractivity contribution < 1.29 is 18.7 Å². The van der Waals surface area contributed by atoms with Gasteiger partial charge in [0.1, 0.15) is 6.54 Å². The van der Waals surface area contributed by atoms with E-state index in [1.165, 1.54) is 36.1 Å². The molecule has 0 spiro atoms. The molecule has 0 radical (unpaired) electrons. The van der Waals surface area contributed by atoms with E-state index in [9.17, 15) is 18.8 Å². The van der Waals surface area contributed by atoms with Crippen molar-refractivity contribution in [3.8, 4) is 5.75 Å². The van der Waals surface area contributed by atoms with E-state index in [1.807, 2.05) is 0 Å². The van der Waals surface area contributed by atoms with E-state index in [2.05, 4.69) is 10.9 Å². The molecule has 2 rings (SSSR count). The Kier molecular flexibility index (Phi) is 5.08. The van der Waals surface area contributed by atoms with Crippen LogP contribution >= 0.6 is 0 Å². The van der Waals surface area contributed by atoms with E-state index >= 15 is 0 Å². The van der Waals surface area contributed by atoms with Crippen molar-refractivity contribution in [2.45, 2.75) is 6.54 Å². The first-order chi connectivity index (χ1) is 11.0. The highest BCUT2D eigenvalue weighted by molar-refractivity contribution is 5.95. The van der Waals surface area contributed by atoms with Gasteiger partial charge in [-0.1, -0.05) is 6.07 Å². The Balaban J connectivity index is 1.94. The topological polar surface area (TPSA) is 89.4 Å². The van der Waals surface area contributed by atoms with Crippen molar-refractivity contribution in [3.63, 3.8) is 0 Å². The molecule has 0 bridgehead atoms. The third kappa shape index (κ3) is 4.16. The second-order valence-corrected chi connectivity index (χ2v) is 4.52. The summed E-state index contributed by atoms with van der Waals surface area (Å²) in [6.45, 7) is -0.253. The molecule has 7 nitrogen and oxygen atoms in total. The van der Waals surface area contributed by atoms with Gasteiger partial charge in [-0.15, -0.1) is 0 Å². The van der Waals surface area contributed by atoms with Crippen LogP contribution in [0.5, 0.6) is 5.75 Å². The Labute approximate surface area is 130 Å². The van der Waals surface area contributed by atoms with Gasteiger partial charge in [0, 0.05) is 17.8 Å². The van der Waals surface area contributed by atoms with E-state index in [1.54, 1.807) is 12.1 Å². The Morgan fingerprint density at radius 1 is 1.22 bits per heavy atom. The summed E-state index contributed by atoms with van der Waals surface area (Å²) in [5, 5.41) is 0. The number of nitrogens with zero attached hydrogens (tertiary/aromatic N) is 1. The zero-order valence-electron chi connectivity index (χ0n) is 12.2. The maximum absolute atomic E-state index is 13.5. The normalized spacial score (nSPS) is 10.0. The van der Waals surface area contributed by atoms with E-state index < -0.39 is 17.6 Å². The van der Waals surface area contributed by atoms with Gasteiger partial charge in [0.2, 0.25) is 0 Å². The fourth-order valence-corrected chi connectivity index (χ4v) is 1.79. The van der Waals surface area contributed by atoms with Gasteiger partial charge < -0.3 is 9.30 Å². The molecule has 0 aliphatic heterocycles. The maximum atomic E-state index is 13.5. The van der Waals surface area contributed by atoms with Gasteiger partial charge in [-0.3, -0.25) is 25.2 Å². The summed E-state index contributed by atoms with van der Waals surface area (Å²) in [6.07, 6.45) is 1.45. The highest BCUT2D eigenvalue weighted by atomic mass is 19.1. The predicted octanol–water partition coefficient (Wildman–Crippen LogP) is 0.457. The highest BCUT2D eigenvalue weighted by Crippen LogP contribution is 2.17. The minimum absolute atomic E-state index is 0.00837. The van der Waals surface area contributed by atoms with Gasteiger partial charge in [-0.25, -0.2) is 4.39 Å². The molecule has 0 aliphatic rings. The van der Waals surface area contributed by atoms with Crippen molar-refractivity contribution in [3.05, 3.63) is 64.3 Å². The molecule has 1 aromatic heterocycles. The molecule has 0 fully saturated rings. The van der Waals surface area contributed by atoms with E-state index in [4.69, 9.17) is 4.74 Å². The van der Waals surface area contributed by atoms with Crippen LogP contribution in [-0.2, 0) is 11.3 Å². The molecule has 0 atom stereocenters. The number of aromatic nitrogens is 1. The SMILES string of the molecule is COc1ccc(C(=O)NNC(=O)Cn2ccccc2=O)cc1F. The van der Waals surface area contributed by atoms with Gasteiger partial charge in [0.15, 0.2) is 11.6 Å². The second-order valence-electron chi connectivity index (χ2n) is 4.52. The first-order valence-corrected chi connectivity index (χ1v) is 6.59. The van der Waals surface area contributed by atoms with Gasteiger partial charge >= 0.3 is 0 Å². The number of amides is 2. The Morgan fingerprint density at radius 2 is 2.00 bits per heavy atom. The number of nitrogens with one attached hydrogen (secondary N) is 2. The number of hydrazine groups is 1. The molecule has 2 N–H and O–H groups in total. The lowest BCUT2D eigenvalue weighted by Crippen LogP contribution is -2.44. The van der Waals surface area contributed by atoms with Crippen LogP contribution in [0.3, 0.4) is 0 Å². The van der Waals surface area contributed by atoms with E-state index in [0.717, 1.165) is 6.07 Å². The summed E-state index contributed by atoms with van der Waals surface area (Å²) in [5.74, 6) is -1.97. The second kappa shape index (κ2) is 7.21. The van der Waals surface area contributed by atoms with Gasteiger partial charge in [-0.2, -0.15) is 0 Å². The number of hydrogen-bond donors (Lipinski definition) is 2. The number of carbonyl (C=O) groups is 2. The summed E-state index contributed by atoms with van der Waals surface area (Å²) >= 11 is 0. The Morgan fingerprint density at radius 3 is 2.65 bits per heavy atom. The lowest BCUT2D eigenvalue weighted by atomic mass is 10.2. The van der Waals surface area contributed by atoms with Crippen molar-refractivity contribution in [1.29, 1.82) is 0 Å². The molecule has 1 aromatic carbocycles. The summed E-state index contributed by atoms with van der Waals surface area (Å²) in [6, 6.07) is 8.11. The average Bonchev–Trinajstić information content (AvgIpc) is 2.54. The summed E-state index contributed by atoms with van der Waals surface area (Å²) in [4.78, 5) is 35.0. The minimum atomic E-state index is -0.694. The molecule has 1 heterocycles. The Bertz CT molecular complexity index is 788. The third-order valence-electron chi connectivity index (χ3n) is 2.94. The van der Waals surface area contributed by atoms with Crippen molar-refractivity contribution >= 4 is 11.8 Å². The highest BCUT2D eigenvalue weighted by Gasteiger charge is 2.11. The number of hydrogen-bond acceptors (Lipinski definition) is 4. The number of rotatable bonds is 4. The summed E-state index contributed by atoms with van der Waals surface area (Å²) in [5.41, 5.74) is 3.97. The monoisotopic (exact) mass is 319 g/mol. The molecule has 2 aromatic rings. The van der Waals surface area contributed by atoms with Crippen LogP contribution in [-0.4, -0.2) is 23.5 Å². The Hall–Kier alpha value is -3.16. The van der Waals surface area contributed by atoms with Crippen LogP contribution in [0.15, 0.2) is 47.4 Å². The lowest BCUT2D eigenvalue weighted by molar-refractivity contribution is -0.122. The number of halogens is 1. The smallest absolute Gasteiger partial charge is 0.269 e. The molecule has 0 saturated heterocycles. The standard InChI is InChI=1S/C15H14FN3O4/c1-23-12-6-5-10(8-11(12)16)15(22)18-17-13(20)9-19-7-3-2-4-14(19)21/h2-8H,9H2,1H3,(H,17,20)(H,18,22). The third-order valence-corrected chi connectivity index (χ3v) is 2.94. The number of benzene rings is 1. The van der Waals surface area contributed by atoms with Crippen molar-refractivity contribution in [2.24, 2.45) is 0 Å². The summed E-state index contributed by atoms with van der Waals surface area (Å²) < 4.78 is 19.4.